The van der Waals surface area contributed by atoms with Gasteiger partial charge in [0, 0.05) is 17.3 Å². The van der Waals surface area contributed by atoms with Gasteiger partial charge in [0.2, 0.25) is 0 Å². The predicted octanol–water partition coefficient (Wildman–Crippen LogP) is 3.64. The summed E-state index contributed by atoms with van der Waals surface area (Å²) >= 11 is 11.3. The molecular weight excluding hydrogens is 302 g/mol. The molecule has 3 nitrogen and oxygen atoms in total. The number of nitrogen functional groups attached to an aromatic ring is 1. The molecule has 0 saturated heterocycles. The molecule has 6 heteroatoms. The molecule has 0 aliphatic rings. The predicted molar refractivity (Wildman–Crippen MR) is 78.4 cm³/mol. The average molecular weight is 313 g/mol. The topological polar surface area (TPSA) is 55.1 Å². The van der Waals surface area contributed by atoms with Crippen LogP contribution in [0, 0.1) is 5.82 Å². The van der Waals surface area contributed by atoms with Crippen molar-refractivity contribution in [2.75, 3.05) is 5.73 Å². The molecule has 3 N–H and O–H groups in total. The monoisotopic (exact) mass is 312 g/mol. The van der Waals surface area contributed by atoms with Crippen LogP contribution in [0.5, 0.6) is 0 Å². The van der Waals surface area contributed by atoms with Gasteiger partial charge in [-0.25, -0.2) is 4.39 Å². The van der Waals surface area contributed by atoms with Crippen LogP contribution in [0.25, 0.3) is 0 Å². The molecular formula is C14H11Cl2FN2O. The largest absolute Gasteiger partial charge is 0.398 e. The molecule has 0 saturated carbocycles. The van der Waals surface area contributed by atoms with Gasteiger partial charge in [-0.3, -0.25) is 4.79 Å². The number of nitrogens with two attached hydrogens (primary N) is 1. The summed E-state index contributed by atoms with van der Waals surface area (Å²) in [5.74, 6) is -0.876. The van der Waals surface area contributed by atoms with E-state index in [-0.39, 0.29) is 23.2 Å². The molecule has 104 valence electrons. The van der Waals surface area contributed by atoms with Crippen LogP contribution in [-0.2, 0) is 6.54 Å². The van der Waals surface area contributed by atoms with Crippen LogP contribution < -0.4 is 11.1 Å². The van der Waals surface area contributed by atoms with Crippen molar-refractivity contribution in [2.45, 2.75) is 6.54 Å². The fraction of sp³-hybridized carbons (Fsp3) is 0.0714. The van der Waals surface area contributed by atoms with Gasteiger partial charge in [0.05, 0.1) is 10.6 Å². The molecule has 0 fully saturated rings. The number of hydrogen-bond acceptors (Lipinski definition) is 2. The number of halogens is 3. The van der Waals surface area contributed by atoms with Crippen molar-refractivity contribution in [1.29, 1.82) is 0 Å². The van der Waals surface area contributed by atoms with E-state index < -0.39 is 5.82 Å². The number of anilines is 1. The quantitative estimate of drug-likeness (QED) is 0.850. The Balaban J connectivity index is 2.06. The number of rotatable bonds is 3. The fourth-order valence-electron chi connectivity index (χ4n) is 1.67. The van der Waals surface area contributed by atoms with E-state index in [9.17, 15) is 9.18 Å². The van der Waals surface area contributed by atoms with Crippen LogP contribution in [0.2, 0.25) is 10.0 Å². The Kier molecular flexibility index (Phi) is 4.47. The minimum Gasteiger partial charge on any atom is -0.398 e. The number of carbonyl (C=O) groups excluding carboxylic acids is 1. The second kappa shape index (κ2) is 6.11. The molecule has 0 bridgehead atoms. The highest BCUT2D eigenvalue weighted by atomic mass is 35.5. The molecule has 0 heterocycles. The van der Waals surface area contributed by atoms with Crippen LogP contribution in [0.1, 0.15) is 15.9 Å². The summed E-state index contributed by atoms with van der Waals surface area (Å²) in [6.45, 7) is 0.176. The lowest BCUT2D eigenvalue weighted by atomic mass is 10.1. The van der Waals surface area contributed by atoms with Gasteiger partial charge in [-0.1, -0.05) is 29.3 Å². The van der Waals surface area contributed by atoms with Crippen LogP contribution in [0.3, 0.4) is 0 Å². The van der Waals surface area contributed by atoms with Gasteiger partial charge in [0.1, 0.15) is 5.82 Å². The number of hydrogen-bond donors (Lipinski definition) is 2. The summed E-state index contributed by atoms with van der Waals surface area (Å²) < 4.78 is 13.3. The van der Waals surface area contributed by atoms with Gasteiger partial charge in [0.25, 0.3) is 5.91 Å². The van der Waals surface area contributed by atoms with Crippen molar-refractivity contribution in [3.8, 4) is 0 Å². The van der Waals surface area contributed by atoms with E-state index >= 15 is 0 Å². The minimum atomic E-state index is -0.524. The molecule has 0 aromatic heterocycles. The Hall–Kier alpha value is -1.78. The third-order valence-corrected chi connectivity index (χ3v) is 3.24. The van der Waals surface area contributed by atoms with E-state index in [4.69, 9.17) is 28.9 Å². The smallest absolute Gasteiger partial charge is 0.253 e. The normalized spacial score (nSPS) is 10.3. The zero-order valence-electron chi connectivity index (χ0n) is 10.3. The highest BCUT2D eigenvalue weighted by Crippen LogP contribution is 2.18. The number of amides is 1. The van der Waals surface area contributed by atoms with Crippen LogP contribution >= 0.6 is 23.2 Å². The van der Waals surface area contributed by atoms with E-state index in [0.29, 0.717) is 16.1 Å². The van der Waals surface area contributed by atoms with Gasteiger partial charge in [0.15, 0.2) is 0 Å². The van der Waals surface area contributed by atoms with E-state index in [1.807, 2.05) is 0 Å². The van der Waals surface area contributed by atoms with Crippen molar-refractivity contribution in [2.24, 2.45) is 0 Å². The lowest BCUT2D eigenvalue weighted by molar-refractivity contribution is 0.0952. The van der Waals surface area contributed by atoms with E-state index in [1.54, 1.807) is 12.1 Å². The first-order valence-corrected chi connectivity index (χ1v) is 6.50. The highest BCUT2D eigenvalue weighted by molar-refractivity contribution is 6.31. The van der Waals surface area contributed by atoms with Gasteiger partial charge >= 0.3 is 0 Å². The van der Waals surface area contributed by atoms with Crippen molar-refractivity contribution in [3.63, 3.8) is 0 Å². The molecule has 20 heavy (non-hydrogen) atoms. The van der Waals surface area contributed by atoms with Gasteiger partial charge < -0.3 is 11.1 Å². The standard InChI is InChI=1S/C14H11Cl2FN2O/c15-9-2-3-10(13(18)6-9)14(20)19-7-8-1-4-11(16)12(17)5-8/h1-6H,7,18H2,(H,19,20). The van der Waals surface area contributed by atoms with E-state index in [1.165, 1.54) is 24.3 Å². The fourth-order valence-corrected chi connectivity index (χ4v) is 1.97. The molecule has 2 aromatic rings. The van der Waals surface area contributed by atoms with Crippen LogP contribution in [0.15, 0.2) is 36.4 Å². The Morgan fingerprint density at radius 1 is 1.20 bits per heavy atom. The van der Waals surface area contributed by atoms with Crippen molar-refractivity contribution >= 4 is 34.8 Å². The molecule has 0 aliphatic carbocycles. The third kappa shape index (κ3) is 3.40. The lowest BCUT2D eigenvalue weighted by Gasteiger charge is -2.08. The summed E-state index contributed by atoms with van der Waals surface area (Å²) in [6.07, 6.45) is 0. The number of benzene rings is 2. The average Bonchev–Trinajstić information content (AvgIpc) is 2.40. The van der Waals surface area contributed by atoms with E-state index in [2.05, 4.69) is 5.32 Å². The maximum atomic E-state index is 13.3. The Labute approximate surface area is 125 Å². The van der Waals surface area contributed by atoms with Gasteiger partial charge in [-0.2, -0.15) is 0 Å². The van der Waals surface area contributed by atoms with Crippen LogP contribution in [0.4, 0.5) is 10.1 Å². The van der Waals surface area contributed by atoms with Crippen molar-refractivity contribution < 1.29 is 9.18 Å². The maximum absolute atomic E-state index is 13.3. The first-order valence-electron chi connectivity index (χ1n) is 5.74. The highest BCUT2D eigenvalue weighted by Gasteiger charge is 2.10. The summed E-state index contributed by atoms with van der Waals surface area (Å²) in [7, 11) is 0. The summed E-state index contributed by atoms with van der Waals surface area (Å²) in [5.41, 5.74) is 6.93. The Bertz CT molecular complexity index is 662. The first kappa shape index (κ1) is 14.6. The second-order valence-electron chi connectivity index (χ2n) is 4.16. The Morgan fingerprint density at radius 2 is 1.95 bits per heavy atom. The molecule has 0 unspecified atom stereocenters. The minimum absolute atomic E-state index is 0.0435. The molecule has 0 aliphatic heterocycles. The number of nitrogens with one attached hydrogen (secondary N) is 1. The molecule has 1 amide bonds. The SMILES string of the molecule is Nc1cc(Cl)ccc1C(=O)NCc1ccc(Cl)c(F)c1. The second-order valence-corrected chi connectivity index (χ2v) is 5.01. The van der Waals surface area contributed by atoms with Gasteiger partial charge in [-0.05, 0) is 35.9 Å². The molecule has 2 aromatic carbocycles. The summed E-state index contributed by atoms with van der Waals surface area (Å²) in [6, 6.07) is 8.96. The summed E-state index contributed by atoms with van der Waals surface area (Å²) in [5, 5.41) is 3.15. The molecule has 0 spiro atoms. The van der Waals surface area contributed by atoms with Crippen molar-refractivity contribution in [1.82, 2.24) is 5.32 Å². The van der Waals surface area contributed by atoms with Gasteiger partial charge in [-0.15, -0.1) is 0 Å². The number of carbonyl (C=O) groups is 1. The molecule has 0 radical (unpaired) electrons. The van der Waals surface area contributed by atoms with Crippen LogP contribution in [-0.4, -0.2) is 5.91 Å². The van der Waals surface area contributed by atoms with Crippen molar-refractivity contribution in [3.05, 3.63) is 63.4 Å². The maximum Gasteiger partial charge on any atom is 0.253 e. The zero-order valence-corrected chi connectivity index (χ0v) is 11.8. The summed E-state index contributed by atoms with van der Waals surface area (Å²) in [4.78, 5) is 11.9. The molecule has 0 atom stereocenters. The molecule has 2 rings (SSSR count). The Morgan fingerprint density at radius 3 is 2.60 bits per heavy atom. The third-order valence-electron chi connectivity index (χ3n) is 2.70. The lowest BCUT2D eigenvalue weighted by Crippen LogP contribution is -2.23. The van der Waals surface area contributed by atoms with E-state index in [0.717, 1.165) is 0 Å². The first-order chi connectivity index (χ1) is 9.47. The zero-order chi connectivity index (χ0) is 14.7.